The Hall–Kier alpha value is -3.56. The number of nitrogens with one attached hydrogen (secondary N) is 2. The molecule has 0 atom stereocenters. The van der Waals surface area contributed by atoms with Crippen LogP contribution in [0.4, 0.5) is 13.2 Å². The van der Waals surface area contributed by atoms with E-state index >= 15 is 0 Å². The van der Waals surface area contributed by atoms with Gasteiger partial charge in [-0.05, 0) is 24.3 Å². The lowest BCUT2D eigenvalue weighted by molar-refractivity contribution is -0.137. The Labute approximate surface area is 164 Å². The Kier molecular flexibility index (Phi) is 7.18. The topological polar surface area (TPSA) is 89.0 Å². The number of amides is 2. The fourth-order valence-electron chi connectivity index (χ4n) is 2.32. The van der Waals surface area contributed by atoms with Crippen LogP contribution in [0.5, 0.6) is 11.5 Å². The number of methoxy groups -OCH3 is 2. The van der Waals surface area contributed by atoms with Crippen LogP contribution in [0.15, 0.2) is 47.6 Å². The fraction of sp³-hybridized carbons (Fsp3) is 0.211. The molecule has 2 aromatic carbocycles. The predicted molar refractivity (Wildman–Crippen MR) is 99.1 cm³/mol. The highest BCUT2D eigenvalue weighted by atomic mass is 19.4. The Bertz CT molecular complexity index is 914. The number of hydrogen-bond acceptors (Lipinski definition) is 5. The number of ether oxygens (including phenoxy) is 2. The number of rotatable bonds is 7. The van der Waals surface area contributed by atoms with Crippen molar-refractivity contribution in [2.75, 3.05) is 20.8 Å². The summed E-state index contributed by atoms with van der Waals surface area (Å²) in [6.07, 6.45) is -3.37. The first kappa shape index (κ1) is 21.7. The molecule has 0 saturated heterocycles. The monoisotopic (exact) mass is 409 g/mol. The van der Waals surface area contributed by atoms with Crippen LogP contribution in [0.1, 0.15) is 21.5 Å². The minimum atomic E-state index is -4.68. The normalized spacial score (nSPS) is 11.2. The zero-order chi connectivity index (χ0) is 21.4. The molecule has 0 aliphatic rings. The number of hydrogen-bond donors (Lipinski definition) is 2. The van der Waals surface area contributed by atoms with Gasteiger partial charge in [0.25, 0.3) is 11.8 Å². The van der Waals surface area contributed by atoms with Crippen LogP contribution in [0.2, 0.25) is 0 Å². The molecule has 10 heteroatoms. The zero-order valence-corrected chi connectivity index (χ0v) is 15.5. The average molecular weight is 409 g/mol. The van der Waals surface area contributed by atoms with E-state index in [-0.39, 0.29) is 0 Å². The number of nitrogens with zero attached hydrogens (tertiary/aromatic N) is 1. The summed E-state index contributed by atoms with van der Waals surface area (Å²) in [5.41, 5.74) is 1.07. The Morgan fingerprint density at radius 1 is 1.10 bits per heavy atom. The lowest BCUT2D eigenvalue weighted by Gasteiger charge is -2.12. The van der Waals surface area contributed by atoms with E-state index in [1.165, 1.54) is 32.6 Å². The van der Waals surface area contributed by atoms with Gasteiger partial charge in [-0.15, -0.1) is 0 Å². The number of alkyl halides is 3. The van der Waals surface area contributed by atoms with Crippen molar-refractivity contribution in [3.63, 3.8) is 0 Å². The first-order valence-corrected chi connectivity index (χ1v) is 8.24. The highest BCUT2D eigenvalue weighted by Gasteiger charge is 2.34. The molecule has 0 unspecified atom stereocenters. The van der Waals surface area contributed by atoms with E-state index in [0.29, 0.717) is 17.1 Å². The highest BCUT2D eigenvalue weighted by Crippen LogP contribution is 2.31. The van der Waals surface area contributed by atoms with Crippen molar-refractivity contribution in [3.8, 4) is 11.5 Å². The van der Waals surface area contributed by atoms with Crippen molar-refractivity contribution < 1.29 is 32.2 Å². The Morgan fingerprint density at radius 3 is 2.48 bits per heavy atom. The van der Waals surface area contributed by atoms with Crippen LogP contribution in [-0.2, 0) is 11.0 Å². The number of hydrazone groups is 1. The van der Waals surface area contributed by atoms with Crippen molar-refractivity contribution in [2.24, 2.45) is 5.10 Å². The van der Waals surface area contributed by atoms with E-state index in [0.717, 1.165) is 12.1 Å². The molecule has 2 N–H and O–H groups in total. The smallest absolute Gasteiger partial charge is 0.417 e. The summed E-state index contributed by atoms with van der Waals surface area (Å²) in [6, 6.07) is 9.26. The summed E-state index contributed by atoms with van der Waals surface area (Å²) < 4.78 is 49.1. The van der Waals surface area contributed by atoms with Gasteiger partial charge < -0.3 is 14.8 Å². The average Bonchev–Trinajstić information content (AvgIpc) is 2.71. The molecule has 0 aliphatic carbocycles. The summed E-state index contributed by atoms with van der Waals surface area (Å²) in [4.78, 5) is 23.8. The van der Waals surface area contributed by atoms with E-state index in [2.05, 4.69) is 15.8 Å². The standard InChI is InChI=1S/C19H18F3N3O4/c1-28-13-8-7-12(16(9-13)29-2)10-24-25-17(26)11-23-18(27)14-5-3-4-6-15(14)19(20,21)22/h3-10H,11H2,1-2H3,(H,23,27)(H,25,26)/b24-10-. The second kappa shape index (κ2) is 9.58. The molecule has 29 heavy (non-hydrogen) atoms. The molecule has 2 amide bonds. The van der Waals surface area contributed by atoms with Gasteiger partial charge in [0.1, 0.15) is 11.5 Å². The maximum absolute atomic E-state index is 12.9. The van der Waals surface area contributed by atoms with Crippen LogP contribution in [0.25, 0.3) is 0 Å². The van der Waals surface area contributed by atoms with Crippen molar-refractivity contribution in [2.45, 2.75) is 6.18 Å². The number of benzene rings is 2. The number of carbonyl (C=O) groups excluding carboxylic acids is 2. The lowest BCUT2D eigenvalue weighted by atomic mass is 10.1. The fourth-order valence-corrected chi connectivity index (χ4v) is 2.32. The third kappa shape index (κ3) is 5.96. The van der Waals surface area contributed by atoms with E-state index in [1.54, 1.807) is 18.2 Å². The quantitative estimate of drug-likeness (QED) is 0.544. The van der Waals surface area contributed by atoms with Crippen LogP contribution in [0, 0.1) is 0 Å². The van der Waals surface area contributed by atoms with Crippen molar-refractivity contribution >= 4 is 18.0 Å². The van der Waals surface area contributed by atoms with E-state index < -0.39 is 35.7 Å². The minimum Gasteiger partial charge on any atom is -0.497 e. The van der Waals surface area contributed by atoms with Gasteiger partial charge in [0.15, 0.2) is 0 Å². The molecular formula is C19H18F3N3O4. The van der Waals surface area contributed by atoms with Gasteiger partial charge in [-0.25, -0.2) is 5.43 Å². The first-order chi connectivity index (χ1) is 13.8. The summed E-state index contributed by atoms with van der Waals surface area (Å²) in [5, 5.41) is 5.87. The van der Waals surface area contributed by atoms with Crippen LogP contribution in [-0.4, -0.2) is 38.8 Å². The van der Waals surface area contributed by atoms with Crippen molar-refractivity contribution in [1.29, 1.82) is 0 Å². The summed E-state index contributed by atoms with van der Waals surface area (Å²) >= 11 is 0. The molecule has 0 aromatic heterocycles. The number of halogens is 3. The third-order valence-corrected chi connectivity index (χ3v) is 3.72. The maximum Gasteiger partial charge on any atom is 0.417 e. The molecule has 0 saturated carbocycles. The Balaban J connectivity index is 1.94. The Morgan fingerprint density at radius 2 is 1.83 bits per heavy atom. The molecule has 154 valence electrons. The molecule has 2 aromatic rings. The first-order valence-electron chi connectivity index (χ1n) is 8.24. The molecule has 2 rings (SSSR count). The molecule has 0 aliphatic heterocycles. The van der Waals surface area contributed by atoms with Crippen molar-refractivity contribution in [1.82, 2.24) is 10.7 Å². The molecule has 0 bridgehead atoms. The van der Waals surface area contributed by atoms with Gasteiger partial charge in [0.05, 0.1) is 38.1 Å². The maximum atomic E-state index is 12.9. The number of carbonyl (C=O) groups is 2. The molecule has 0 heterocycles. The highest BCUT2D eigenvalue weighted by molar-refractivity contribution is 5.98. The van der Waals surface area contributed by atoms with Gasteiger partial charge >= 0.3 is 6.18 Å². The van der Waals surface area contributed by atoms with Crippen LogP contribution in [0.3, 0.4) is 0 Å². The second-order valence-electron chi connectivity index (χ2n) is 5.63. The molecular weight excluding hydrogens is 391 g/mol. The van der Waals surface area contributed by atoms with Gasteiger partial charge in [-0.3, -0.25) is 9.59 Å². The lowest BCUT2D eigenvalue weighted by Crippen LogP contribution is -2.35. The molecule has 0 spiro atoms. The van der Waals surface area contributed by atoms with E-state index in [4.69, 9.17) is 9.47 Å². The van der Waals surface area contributed by atoms with Gasteiger partial charge in [-0.2, -0.15) is 18.3 Å². The summed E-state index contributed by atoms with van der Waals surface area (Å²) in [6.45, 7) is -0.553. The molecule has 0 radical (unpaired) electrons. The predicted octanol–water partition coefficient (Wildman–Crippen LogP) is 2.60. The third-order valence-electron chi connectivity index (χ3n) is 3.72. The van der Waals surface area contributed by atoms with E-state index in [9.17, 15) is 22.8 Å². The SMILES string of the molecule is COc1ccc(/C=N\NC(=O)CNC(=O)c2ccccc2C(F)(F)F)c(OC)c1. The largest absolute Gasteiger partial charge is 0.497 e. The van der Waals surface area contributed by atoms with Gasteiger partial charge in [-0.1, -0.05) is 12.1 Å². The zero-order valence-electron chi connectivity index (χ0n) is 15.5. The molecule has 7 nitrogen and oxygen atoms in total. The van der Waals surface area contributed by atoms with Gasteiger partial charge in [0, 0.05) is 11.6 Å². The molecule has 0 fully saturated rings. The second-order valence-corrected chi connectivity index (χ2v) is 5.63. The van der Waals surface area contributed by atoms with Crippen molar-refractivity contribution in [3.05, 3.63) is 59.2 Å². The summed E-state index contributed by atoms with van der Waals surface area (Å²) in [7, 11) is 2.96. The van der Waals surface area contributed by atoms with Crippen LogP contribution >= 0.6 is 0 Å². The summed E-state index contributed by atoms with van der Waals surface area (Å²) in [5.74, 6) is -0.704. The van der Waals surface area contributed by atoms with Crippen LogP contribution < -0.4 is 20.2 Å². The van der Waals surface area contributed by atoms with Gasteiger partial charge in [0.2, 0.25) is 0 Å². The van der Waals surface area contributed by atoms with E-state index in [1.807, 2.05) is 0 Å². The minimum absolute atomic E-state index is 0.458.